The topological polar surface area (TPSA) is 66.5 Å². The Bertz CT molecular complexity index is 460. The van der Waals surface area contributed by atoms with Crippen LogP contribution in [0.4, 0.5) is 4.79 Å². The van der Waals surface area contributed by atoms with Crippen molar-refractivity contribution in [3.63, 3.8) is 0 Å². The van der Waals surface area contributed by atoms with Gasteiger partial charge in [0, 0.05) is 5.92 Å². The van der Waals surface area contributed by atoms with Crippen molar-refractivity contribution in [2.45, 2.75) is 51.5 Å². The van der Waals surface area contributed by atoms with Crippen LogP contribution in [0.5, 0.6) is 0 Å². The molecule has 5 heteroatoms. The fourth-order valence-electron chi connectivity index (χ4n) is 3.79. The summed E-state index contributed by atoms with van der Waals surface area (Å²) in [6.07, 6.45) is 4.79. The quantitative estimate of drug-likeness (QED) is 0.799. The molecule has 1 N–H and O–H groups in total. The van der Waals surface area contributed by atoms with Crippen molar-refractivity contribution in [2.75, 3.05) is 6.54 Å². The first-order valence-corrected chi connectivity index (χ1v) is 7.63. The summed E-state index contributed by atoms with van der Waals surface area (Å²) >= 11 is 0. The monoisotopic (exact) mass is 278 g/mol. The van der Waals surface area contributed by atoms with Crippen molar-refractivity contribution in [1.29, 1.82) is 0 Å². The van der Waals surface area contributed by atoms with Crippen molar-refractivity contribution in [3.05, 3.63) is 0 Å². The van der Waals surface area contributed by atoms with E-state index in [2.05, 4.69) is 5.32 Å². The van der Waals surface area contributed by atoms with Crippen molar-refractivity contribution in [2.24, 2.45) is 17.8 Å². The second-order valence-corrected chi connectivity index (χ2v) is 6.66. The van der Waals surface area contributed by atoms with E-state index in [9.17, 15) is 14.4 Å². The summed E-state index contributed by atoms with van der Waals surface area (Å²) in [5.41, 5.74) is -0.779. The molecule has 3 amide bonds. The second-order valence-electron chi connectivity index (χ2n) is 6.66. The molecule has 0 aromatic carbocycles. The number of hydrogen-bond acceptors (Lipinski definition) is 3. The standard InChI is InChI=1S/C15H22N2O3/c1-9-4-3-5-10(2)15(9)13(19)17(14(20)16-15)8-12(18)11-6-7-11/h9-11H,3-8H2,1-2H3,(H,16,20). The lowest BCUT2D eigenvalue weighted by molar-refractivity contribution is -0.139. The van der Waals surface area contributed by atoms with Crippen molar-refractivity contribution in [3.8, 4) is 0 Å². The number of hydrogen-bond donors (Lipinski definition) is 1. The highest BCUT2D eigenvalue weighted by Crippen LogP contribution is 2.42. The molecule has 1 spiro atoms. The van der Waals surface area contributed by atoms with Crippen LogP contribution in [0, 0.1) is 17.8 Å². The van der Waals surface area contributed by atoms with Gasteiger partial charge in [0.1, 0.15) is 5.54 Å². The van der Waals surface area contributed by atoms with E-state index in [0.717, 1.165) is 37.0 Å². The van der Waals surface area contributed by atoms with Gasteiger partial charge < -0.3 is 5.32 Å². The predicted octanol–water partition coefficient (Wildman–Crippen LogP) is 1.71. The summed E-state index contributed by atoms with van der Waals surface area (Å²) in [5.74, 6) is 0.179. The number of ketones is 1. The molecule has 2 unspecified atom stereocenters. The molecule has 2 saturated carbocycles. The summed E-state index contributed by atoms with van der Waals surface area (Å²) in [7, 11) is 0. The molecule has 3 fully saturated rings. The van der Waals surface area contributed by atoms with Crippen LogP contribution in [0.2, 0.25) is 0 Å². The third kappa shape index (κ3) is 1.86. The van der Waals surface area contributed by atoms with Crippen molar-refractivity contribution < 1.29 is 14.4 Å². The minimum atomic E-state index is -0.779. The molecule has 2 aliphatic carbocycles. The van der Waals surface area contributed by atoms with Crippen LogP contribution in [-0.2, 0) is 9.59 Å². The normalized spacial score (nSPS) is 37.4. The van der Waals surface area contributed by atoms with Crippen LogP contribution in [0.25, 0.3) is 0 Å². The molecule has 2 atom stereocenters. The van der Waals surface area contributed by atoms with Crippen LogP contribution >= 0.6 is 0 Å². The van der Waals surface area contributed by atoms with Gasteiger partial charge in [-0.3, -0.25) is 14.5 Å². The van der Waals surface area contributed by atoms with Gasteiger partial charge in [-0.25, -0.2) is 4.79 Å². The molecular formula is C15H22N2O3. The third-order valence-electron chi connectivity index (χ3n) is 5.33. The first-order chi connectivity index (χ1) is 9.46. The van der Waals surface area contributed by atoms with Gasteiger partial charge in [0.15, 0.2) is 5.78 Å². The highest BCUT2D eigenvalue weighted by atomic mass is 16.2. The Morgan fingerprint density at radius 1 is 1.20 bits per heavy atom. The molecule has 5 nitrogen and oxygen atoms in total. The van der Waals surface area contributed by atoms with E-state index < -0.39 is 5.54 Å². The smallest absolute Gasteiger partial charge is 0.323 e. The van der Waals surface area contributed by atoms with Gasteiger partial charge in [-0.15, -0.1) is 0 Å². The van der Waals surface area contributed by atoms with Crippen LogP contribution < -0.4 is 5.32 Å². The van der Waals surface area contributed by atoms with E-state index in [0.29, 0.717) is 0 Å². The molecule has 3 rings (SSSR count). The zero-order chi connectivity index (χ0) is 14.5. The number of carbonyl (C=O) groups excluding carboxylic acids is 3. The lowest BCUT2D eigenvalue weighted by Crippen LogP contribution is -2.59. The van der Waals surface area contributed by atoms with Gasteiger partial charge in [0.25, 0.3) is 5.91 Å². The molecule has 0 bridgehead atoms. The van der Waals surface area contributed by atoms with E-state index >= 15 is 0 Å². The summed E-state index contributed by atoms with van der Waals surface area (Å²) in [4.78, 5) is 38.0. The number of Topliss-reactive ketones (excluding diaryl/α,β-unsaturated/α-hetero) is 1. The fraction of sp³-hybridized carbons (Fsp3) is 0.800. The molecule has 1 saturated heterocycles. The lowest BCUT2D eigenvalue weighted by Gasteiger charge is -2.42. The maximum Gasteiger partial charge on any atom is 0.325 e. The number of nitrogens with one attached hydrogen (secondary N) is 1. The van der Waals surface area contributed by atoms with Gasteiger partial charge in [0.05, 0.1) is 6.54 Å². The number of imide groups is 1. The first kappa shape index (κ1) is 13.6. The number of rotatable bonds is 3. The summed E-state index contributed by atoms with van der Waals surface area (Å²) in [6.45, 7) is 4.01. The minimum Gasteiger partial charge on any atom is -0.323 e. The van der Waals surface area contributed by atoms with Crippen LogP contribution in [0.15, 0.2) is 0 Å². The molecule has 20 heavy (non-hydrogen) atoms. The van der Waals surface area contributed by atoms with E-state index in [1.54, 1.807) is 0 Å². The van der Waals surface area contributed by atoms with Gasteiger partial charge in [-0.1, -0.05) is 20.3 Å². The number of urea groups is 1. The van der Waals surface area contributed by atoms with E-state index in [4.69, 9.17) is 0 Å². The zero-order valence-corrected chi connectivity index (χ0v) is 12.1. The Kier molecular flexibility index (Phi) is 3.10. The third-order valence-corrected chi connectivity index (χ3v) is 5.33. The fourth-order valence-corrected chi connectivity index (χ4v) is 3.79. The van der Waals surface area contributed by atoms with Gasteiger partial charge in [-0.2, -0.15) is 0 Å². The summed E-state index contributed by atoms with van der Waals surface area (Å²) < 4.78 is 0. The van der Waals surface area contributed by atoms with Crippen molar-refractivity contribution >= 4 is 17.7 Å². The second kappa shape index (κ2) is 4.57. The van der Waals surface area contributed by atoms with Gasteiger partial charge >= 0.3 is 6.03 Å². The number of nitrogens with zero attached hydrogens (tertiary/aromatic N) is 1. The van der Waals surface area contributed by atoms with Crippen molar-refractivity contribution in [1.82, 2.24) is 10.2 Å². The molecule has 3 aliphatic rings. The maximum absolute atomic E-state index is 12.8. The first-order valence-electron chi connectivity index (χ1n) is 7.63. The molecule has 0 radical (unpaired) electrons. The van der Waals surface area contributed by atoms with E-state index in [1.807, 2.05) is 13.8 Å². The Morgan fingerprint density at radius 3 is 2.35 bits per heavy atom. The number of carbonyl (C=O) groups is 3. The molecule has 1 heterocycles. The Balaban J connectivity index is 1.83. The highest BCUT2D eigenvalue weighted by molar-refractivity contribution is 6.09. The molecule has 0 aromatic rings. The number of amides is 3. The molecular weight excluding hydrogens is 256 g/mol. The van der Waals surface area contributed by atoms with Crippen LogP contribution in [0.1, 0.15) is 46.0 Å². The summed E-state index contributed by atoms with van der Waals surface area (Å²) in [6, 6.07) is -0.385. The SMILES string of the molecule is CC1CCCC(C)C12NC(=O)N(CC(=O)C1CC1)C2=O. The predicted molar refractivity (Wildman–Crippen MR) is 72.9 cm³/mol. The Morgan fingerprint density at radius 2 is 1.80 bits per heavy atom. The van der Waals surface area contributed by atoms with Gasteiger partial charge in [0.2, 0.25) is 0 Å². The average molecular weight is 278 g/mol. The highest BCUT2D eigenvalue weighted by Gasteiger charge is 2.58. The zero-order valence-electron chi connectivity index (χ0n) is 12.1. The van der Waals surface area contributed by atoms with Crippen LogP contribution in [-0.4, -0.2) is 34.7 Å². The average Bonchev–Trinajstić information content (AvgIpc) is 3.20. The van der Waals surface area contributed by atoms with E-state index in [-0.39, 0.29) is 42.0 Å². The Hall–Kier alpha value is -1.39. The maximum atomic E-state index is 12.8. The minimum absolute atomic E-state index is 0.0293. The lowest BCUT2D eigenvalue weighted by atomic mass is 9.67. The van der Waals surface area contributed by atoms with Crippen LogP contribution in [0.3, 0.4) is 0 Å². The molecule has 0 aromatic heterocycles. The molecule has 1 aliphatic heterocycles. The molecule has 110 valence electrons. The summed E-state index contributed by atoms with van der Waals surface area (Å²) in [5, 5.41) is 2.92. The Labute approximate surface area is 119 Å². The van der Waals surface area contributed by atoms with E-state index in [1.165, 1.54) is 0 Å². The largest absolute Gasteiger partial charge is 0.325 e. The van der Waals surface area contributed by atoms with Gasteiger partial charge in [-0.05, 0) is 37.5 Å².